The maximum Gasteiger partial charge on any atom is 0.253 e. The van der Waals surface area contributed by atoms with Crippen LogP contribution in [0.5, 0.6) is 0 Å². The van der Waals surface area contributed by atoms with E-state index in [-0.39, 0.29) is 11.8 Å². The minimum Gasteiger partial charge on any atom is -0.384 e. The van der Waals surface area contributed by atoms with E-state index in [0.29, 0.717) is 11.4 Å². The summed E-state index contributed by atoms with van der Waals surface area (Å²) in [6.07, 6.45) is 3.34. The number of amides is 1. The summed E-state index contributed by atoms with van der Waals surface area (Å²) in [5, 5.41) is 0. The smallest absolute Gasteiger partial charge is 0.253 e. The van der Waals surface area contributed by atoms with Gasteiger partial charge in [0.1, 0.15) is 5.82 Å². The lowest BCUT2D eigenvalue weighted by Crippen LogP contribution is -2.28. The van der Waals surface area contributed by atoms with Gasteiger partial charge < -0.3 is 10.6 Å². The molecule has 1 amide bonds. The quantitative estimate of drug-likeness (QED) is 0.802. The minimum atomic E-state index is 0.0205. The molecule has 0 aliphatic carbocycles. The molecule has 0 unspecified atom stereocenters. The first-order chi connectivity index (χ1) is 8.95. The number of hydrogen-bond donors (Lipinski definition) is 1. The summed E-state index contributed by atoms with van der Waals surface area (Å²) in [6.45, 7) is 7.02. The highest BCUT2D eigenvalue weighted by molar-refractivity contribution is 5.94. The van der Waals surface area contributed by atoms with Crippen LogP contribution in [0.3, 0.4) is 0 Å². The number of pyridine rings is 1. The molecule has 0 aliphatic heterocycles. The monoisotopic (exact) mass is 263 g/mol. The van der Waals surface area contributed by atoms with Crippen LogP contribution >= 0.6 is 0 Å². The van der Waals surface area contributed by atoms with Gasteiger partial charge in [-0.05, 0) is 24.5 Å². The predicted molar refractivity (Wildman–Crippen MR) is 79.2 cm³/mol. The van der Waals surface area contributed by atoms with Crippen molar-refractivity contribution in [3.8, 4) is 0 Å². The van der Waals surface area contributed by atoms with E-state index in [1.54, 1.807) is 11.0 Å². The van der Waals surface area contributed by atoms with E-state index < -0.39 is 0 Å². The molecule has 4 nitrogen and oxygen atoms in total. The van der Waals surface area contributed by atoms with Gasteiger partial charge in [0.25, 0.3) is 5.91 Å². The van der Waals surface area contributed by atoms with Crippen LogP contribution < -0.4 is 5.73 Å². The zero-order valence-electron chi connectivity index (χ0n) is 12.4. The highest BCUT2D eigenvalue weighted by Crippen LogP contribution is 2.17. The van der Waals surface area contributed by atoms with Crippen molar-refractivity contribution < 1.29 is 4.79 Å². The van der Waals surface area contributed by atoms with Gasteiger partial charge in [-0.2, -0.15) is 0 Å². The lowest BCUT2D eigenvalue weighted by Gasteiger charge is -2.18. The summed E-state index contributed by atoms with van der Waals surface area (Å²) < 4.78 is 0. The maximum atomic E-state index is 12.3. The number of anilines is 1. The zero-order chi connectivity index (χ0) is 14.4. The highest BCUT2D eigenvalue weighted by atomic mass is 16.2. The molecule has 0 aromatic carbocycles. The van der Waals surface area contributed by atoms with Gasteiger partial charge in [-0.25, -0.2) is 4.98 Å². The van der Waals surface area contributed by atoms with Crippen LogP contribution in [0, 0.1) is 0 Å². The highest BCUT2D eigenvalue weighted by Gasteiger charge is 2.14. The average Bonchev–Trinajstić information content (AvgIpc) is 2.37. The number of carbonyl (C=O) groups is 1. The molecule has 106 valence electrons. The van der Waals surface area contributed by atoms with Crippen molar-refractivity contribution in [2.24, 2.45) is 0 Å². The Morgan fingerprint density at radius 3 is 2.63 bits per heavy atom. The third-order valence-electron chi connectivity index (χ3n) is 3.15. The fourth-order valence-electron chi connectivity index (χ4n) is 1.91. The second kappa shape index (κ2) is 7.12. The number of unbranched alkanes of at least 4 members (excludes halogenated alkanes) is 2. The number of nitrogens with zero attached hydrogens (tertiary/aromatic N) is 2. The van der Waals surface area contributed by atoms with Crippen molar-refractivity contribution in [2.45, 2.75) is 46.0 Å². The van der Waals surface area contributed by atoms with Crippen LogP contribution in [-0.2, 0) is 0 Å². The second-order valence-electron chi connectivity index (χ2n) is 5.29. The first kappa shape index (κ1) is 15.5. The van der Waals surface area contributed by atoms with E-state index in [9.17, 15) is 4.79 Å². The summed E-state index contributed by atoms with van der Waals surface area (Å²) >= 11 is 0. The third kappa shape index (κ3) is 4.54. The molecule has 0 bridgehead atoms. The Balaban J connectivity index is 2.81. The van der Waals surface area contributed by atoms with Gasteiger partial charge in [0, 0.05) is 24.8 Å². The van der Waals surface area contributed by atoms with Crippen LogP contribution in [0.4, 0.5) is 5.82 Å². The fraction of sp³-hybridized carbons (Fsp3) is 0.600. The van der Waals surface area contributed by atoms with E-state index in [1.807, 2.05) is 27.0 Å². The molecule has 0 atom stereocenters. The largest absolute Gasteiger partial charge is 0.384 e. The summed E-state index contributed by atoms with van der Waals surface area (Å²) in [6, 6.07) is 3.50. The van der Waals surface area contributed by atoms with Crippen molar-refractivity contribution in [2.75, 3.05) is 19.3 Å². The average molecular weight is 263 g/mol. The molecule has 1 aromatic heterocycles. The fourth-order valence-corrected chi connectivity index (χ4v) is 1.91. The Labute approximate surface area is 116 Å². The van der Waals surface area contributed by atoms with E-state index in [0.717, 1.165) is 31.5 Å². The molecule has 0 saturated carbocycles. The van der Waals surface area contributed by atoms with Crippen LogP contribution in [-0.4, -0.2) is 29.4 Å². The van der Waals surface area contributed by atoms with Gasteiger partial charge in [0.2, 0.25) is 0 Å². The molecule has 1 heterocycles. The molecule has 4 heteroatoms. The maximum absolute atomic E-state index is 12.3. The van der Waals surface area contributed by atoms with Crippen molar-refractivity contribution in [3.63, 3.8) is 0 Å². The van der Waals surface area contributed by atoms with E-state index in [2.05, 4.69) is 11.9 Å². The standard InChI is InChI=1S/C15H25N3O/c1-5-6-7-8-18(4)15(19)12-9-13(11(2)3)17-14(16)10-12/h9-11H,5-8H2,1-4H3,(H2,16,17). The van der Waals surface area contributed by atoms with E-state index >= 15 is 0 Å². The number of nitrogen functional groups attached to an aromatic ring is 1. The molecular formula is C15H25N3O. The SMILES string of the molecule is CCCCCN(C)C(=O)c1cc(N)nc(C(C)C)c1. The molecule has 0 radical (unpaired) electrons. The summed E-state index contributed by atoms with van der Waals surface area (Å²) in [4.78, 5) is 18.3. The number of rotatable bonds is 6. The molecular weight excluding hydrogens is 238 g/mol. The molecule has 2 N–H and O–H groups in total. The second-order valence-corrected chi connectivity index (χ2v) is 5.29. The third-order valence-corrected chi connectivity index (χ3v) is 3.15. The summed E-state index contributed by atoms with van der Waals surface area (Å²) in [5.41, 5.74) is 7.28. The Morgan fingerprint density at radius 1 is 1.37 bits per heavy atom. The molecule has 0 saturated heterocycles. The Morgan fingerprint density at radius 2 is 2.05 bits per heavy atom. The first-order valence-corrected chi connectivity index (χ1v) is 6.98. The van der Waals surface area contributed by atoms with Gasteiger partial charge >= 0.3 is 0 Å². The number of hydrogen-bond acceptors (Lipinski definition) is 3. The molecule has 0 spiro atoms. The summed E-state index contributed by atoms with van der Waals surface area (Å²) in [7, 11) is 1.84. The van der Waals surface area contributed by atoms with Crippen molar-refractivity contribution in [1.82, 2.24) is 9.88 Å². The van der Waals surface area contributed by atoms with Gasteiger partial charge in [-0.15, -0.1) is 0 Å². The normalized spacial score (nSPS) is 10.8. The van der Waals surface area contributed by atoms with Crippen molar-refractivity contribution >= 4 is 11.7 Å². The van der Waals surface area contributed by atoms with E-state index in [4.69, 9.17) is 5.73 Å². The van der Waals surface area contributed by atoms with Gasteiger partial charge in [-0.3, -0.25) is 4.79 Å². The zero-order valence-corrected chi connectivity index (χ0v) is 12.4. The Hall–Kier alpha value is -1.58. The number of aromatic nitrogens is 1. The Kier molecular flexibility index (Phi) is 5.80. The lowest BCUT2D eigenvalue weighted by molar-refractivity contribution is 0.0792. The lowest BCUT2D eigenvalue weighted by atomic mass is 10.1. The van der Waals surface area contributed by atoms with E-state index in [1.165, 1.54) is 0 Å². The molecule has 19 heavy (non-hydrogen) atoms. The van der Waals surface area contributed by atoms with Crippen molar-refractivity contribution in [3.05, 3.63) is 23.4 Å². The minimum absolute atomic E-state index is 0.0205. The van der Waals surface area contributed by atoms with Crippen LogP contribution in [0.2, 0.25) is 0 Å². The van der Waals surface area contributed by atoms with Gasteiger partial charge in [0.05, 0.1) is 0 Å². The number of nitrogens with two attached hydrogens (primary N) is 1. The first-order valence-electron chi connectivity index (χ1n) is 6.98. The molecule has 0 fully saturated rings. The molecule has 1 rings (SSSR count). The topological polar surface area (TPSA) is 59.2 Å². The number of carbonyl (C=O) groups excluding carboxylic acids is 1. The van der Waals surface area contributed by atoms with Gasteiger partial charge in [0.15, 0.2) is 0 Å². The summed E-state index contributed by atoms with van der Waals surface area (Å²) in [5.74, 6) is 0.698. The predicted octanol–water partition coefficient (Wildman–Crippen LogP) is 3.05. The van der Waals surface area contributed by atoms with Crippen LogP contribution in [0.1, 0.15) is 62.0 Å². The van der Waals surface area contributed by atoms with Crippen molar-refractivity contribution in [1.29, 1.82) is 0 Å². The molecule has 0 aliphatic rings. The van der Waals surface area contributed by atoms with Crippen LogP contribution in [0.15, 0.2) is 12.1 Å². The van der Waals surface area contributed by atoms with Gasteiger partial charge in [-0.1, -0.05) is 33.6 Å². The van der Waals surface area contributed by atoms with Crippen LogP contribution in [0.25, 0.3) is 0 Å². The Bertz CT molecular complexity index is 429. The molecule has 1 aromatic rings.